The molecule has 33 heavy (non-hydrogen) atoms. The molecule has 0 saturated carbocycles. The highest BCUT2D eigenvalue weighted by atomic mass is 16.5. The zero-order valence-electron chi connectivity index (χ0n) is 18.3. The predicted molar refractivity (Wildman–Crippen MR) is 125 cm³/mol. The lowest BCUT2D eigenvalue weighted by molar-refractivity contribution is 0.102. The van der Waals surface area contributed by atoms with Crippen LogP contribution in [0.2, 0.25) is 0 Å². The maximum Gasteiger partial charge on any atom is 0.278 e. The Labute approximate surface area is 190 Å². The fraction of sp³-hybridized carbons (Fsp3) is 0.120. The molecule has 5 aromatic rings. The minimum atomic E-state index is -0.330. The summed E-state index contributed by atoms with van der Waals surface area (Å²) in [7, 11) is 0. The van der Waals surface area contributed by atoms with Crippen LogP contribution in [0, 0.1) is 13.8 Å². The van der Waals surface area contributed by atoms with Crippen LogP contribution in [-0.2, 0) is 6.61 Å². The van der Waals surface area contributed by atoms with Gasteiger partial charge in [0.15, 0.2) is 5.69 Å². The van der Waals surface area contributed by atoms with Crippen molar-refractivity contribution in [3.8, 4) is 11.4 Å². The Morgan fingerprint density at radius 1 is 1.03 bits per heavy atom. The molecule has 0 bridgehead atoms. The first-order valence-electron chi connectivity index (χ1n) is 10.5. The number of pyridine rings is 1. The molecular weight excluding hydrogens is 416 g/mol. The summed E-state index contributed by atoms with van der Waals surface area (Å²) in [6, 6.07) is 21.0. The van der Waals surface area contributed by atoms with Gasteiger partial charge < -0.3 is 14.5 Å². The maximum absolute atomic E-state index is 12.8. The van der Waals surface area contributed by atoms with Gasteiger partial charge in [-0.25, -0.2) is 9.67 Å². The van der Waals surface area contributed by atoms with Crippen LogP contribution >= 0.6 is 0 Å². The van der Waals surface area contributed by atoms with Crippen molar-refractivity contribution in [1.82, 2.24) is 24.4 Å². The summed E-state index contributed by atoms with van der Waals surface area (Å²) in [5.74, 6) is 0.299. The highest BCUT2D eigenvalue weighted by Gasteiger charge is 2.17. The summed E-state index contributed by atoms with van der Waals surface area (Å²) in [6.45, 7) is 4.16. The quantitative estimate of drug-likeness (QED) is 0.426. The Kier molecular flexibility index (Phi) is 5.32. The lowest BCUT2D eigenvalue weighted by atomic mass is 10.2. The van der Waals surface area contributed by atoms with Crippen LogP contribution < -0.4 is 10.1 Å². The van der Waals surface area contributed by atoms with Crippen LogP contribution in [0.15, 0.2) is 79.1 Å². The number of nitrogens with one attached hydrogen (secondary N) is 1. The molecule has 0 aliphatic carbocycles. The number of benzene rings is 2. The summed E-state index contributed by atoms with van der Waals surface area (Å²) in [5.41, 5.74) is 5.23. The number of carbonyl (C=O) groups excluding carboxylic acids is 1. The zero-order chi connectivity index (χ0) is 22.8. The predicted octanol–water partition coefficient (Wildman–Crippen LogP) is 4.36. The summed E-state index contributed by atoms with van der Waals surface area (Å²) in [4.78, 5) is 17.4. The third-order valence-corrected chi connectivity index (χ3v) is 5.28. The minimum Gasteiger partial charge on any atom is -0.487 e. The van der Waals surface area contributed by atoms with E-state index >= 15 is 0 Å². The average Bonchev–Trinajstić information content (AvgIpc) is 3.42. The number of ether oxygens (including phenoxy) is 1. The smallest absolute Gasteiger partial charge is 0.278 e. The molecule has 3 aromatic heterocycles. The first kappa shape index (κ1) is 20.4. The van der Waals surface area contributed by atoms with E-state index in [1.807, 2.05) is 85.2 Å². The van der Waals surface area contributed by atoms with Crippen molar-refractivity contribution in [1.29, 1.82) is 0 Å². The van der Waals surface area contributed by atoms with E-state index in [4.69, 9.17) is 4.74 Å². The van der Waals surface area contributed by atoms with Gasteiger partial charge in [0, 0.05) is 24.1 Å². The molecule has 5 rings (SSSR count). The second kappa shape index (κ2) is 8.58. The van der Waals surface area contributed by atoms with Crippen LogP contribution in [0.1, 0.15) is 27.4 Å². The Morgan fingerprint density at radius 3 is 2.70 bits per heavy atom. The van der Waals surface area contributed by atoms with E-state index < -0.39 is 0 Å². The van der Waals surface area contributed by atoms with Crippen molar-refractivity contribution in [3.63, 3.8) is 0 Å². The first-order chi connectivity index (χ1) is 16.1. The second-order valence-corrected chi connectivity index (χ2v) is 7.74. The van der Waals surface area contributed by atoms with Crippen LogP contribution in [0.25, 0.3) is 11.3 Å². The molecule has 0 aliphatic heterocycles. The van der Waals surface area contributed by atoms with Gasteiger partial charge in [-0.1, -0.05) is 35.0 Å². The number of aromatic nitrogens is 5. The maximum atomic E-state index is 12.8. The van der Waals surface area contributed by atoms with Gasteiger partial charge >= 0.3 is 0 Å². The average molecular weight is 438 g/mol. The SMILES string of the molecule is Cc1ccc(-n2nnc(C(=O)Nc3cccc(OCc4cn5ccccc5n4)c3)c2C)cc1. The molecule has 0 spiro atoms. The van der Waals surface area contributed by atoms with E-state index in [1.165, 1.54) is 0 Å². The van der Waals surface area contributed by atoms with Crippen LogP contribution in [0.4, 0.5) is 5.69 Å². The third-order valence-electron chi connectivity index (χ3n) is 5.28. The number of hydrogen-bond donors (Lipinski definition) is 1. The van der Waals surface area contributed by atoms with Crippen LogP contribution in [-0.4, -0.2) is 30.3 Å². The lowest BCUT2D eigenvalue weighted by Crippen LogP contribution is -2.14. The molecule has 0 radical (unpaired) electrons. The number of anilines is 1. The fourth-order valence-electron chi connectivity index (χ4n) is 3.54. The summed E-state index contributed by atoms with van der Waals surface area (Å²) in [5, 5.41) is 11.1. The number of nitrogens with zero attached hydrogens (tertiary/aromatic N) is 5. The Balaban J connectivity index is 1.27. The highest BCUT2D eigenvalue weighted by Crippen LogP contribution is 2.20. The number of rotatable bonds is 6. The zero-order valence-corrected chi connectivity index (χ0v) is 18.3. The Morgan fingerprint density at radius 2 is 1.88 bits per heavy atom. The fourth-order valence-corrected chi connectivity index (χ4v) is 3.54. The van der Waals surface area contributed by atoms with Crippen molar-refractivity contribution >= 4 is 17.2 Å². The number of fused-ring (bicyclic) bond motifs is 1. The molecule has 0 saturated heterocycles. The van der Waals surface area contributed by atoms with Crippen molar-refractivity contribution in [2.75, 3.05) is 5.32 Å². The molecule has 0 atom stereocenters. The number of imidazole rings is 1. The minimum absolute atomic E-state index is 0.270. The molecule has 8 nitrogen and oxygen atoms in total. The monoisotopic (exact) mass is 438 g/mol. The standard InChI is InChI=1S/C25H22N6O2/c1-17-9-11-21(12-10-17)31-18(2)24(28-29-31)25(32)27-19-6-5-7-22(14-19)33-16-20-15-30-13-4-3-8-23(30)26-20/h3-15H,16H2,1-2H3,(H,27,32). The number of carbonyl (C=O) groups is 1. The molecular formula is C25H22N6O2. The van der Waals surface area contributed by atoms with Crippen LogP contribution in [0.3, 0.4) is 0 Å². The van der Waals surface area contributed by atoms with Crippen LogP contribution in [0.5, 0.6) is 5.75 Å². The molecule has 0 unspecified atom stereocenters. The van der Waals surface area contributed by atoms with Crippen molar-refractivity contribution in [3.05, 3.63) is 102 Å². The van der Waals surface area contributed by atoms with Gasteiger partial charge in [0.2, 0.25) is 0 Å². The lowest BCUT2D eigenvalue weighted by Gasteiger charge is -2.08. The third kappa shape index (κ3) is 4.31. The van der Waals surface area contributed by atoms with E-state index in [1.54, 1.807) is 16.8 Å². The summed E-state index contributed by atoms with van der Waals surface area (Å²) < 4.78 is 9.49. The molecule has 164 valence electrons. The van der Waals surface area contributed by atoms with E-state index in [2.05, 4.69) is 20.6 Å². The Bertz CT molecular complexity index is 1400. The van der Waals surface area contributed by atoms with Gasteiger partial charge in [0.25, 0.3) is 5.91 Å². The topological polar surface area (TPSA) is 86.3 Å². The van der Waals surface area contributed by atoms with Crippen molar-refractivity contribution in [2.45, 2.75) is 20.5 Å². The Hall–Kier alpha value is -4.46. The molecule has 1 N–H and O–H groups in total. The highest BCUT2D eigenvalue weighted by molar-refractivity contribution is 6.03. The van der Waals surface area contributed by atoms with Gasteiger partial charge in [0.05, 0.1) is 17.1 Å². The molecule has 8 heteroatoms. The van der Waals surface area contributed by atoms with Gasteiger partial charge in [-0.3, -0.25) is 4.79 Å². The van der Waals surface area contributed by atoms with Gasteiger partial charge in [-0.15, -0.1) is 5.10 Å². The second-order valence-electron chi connectivity index (χ2n) is 7.74. The van der Waals surface area contributed by atoms with E-state index in [0.717, 1.165) is 22.6 Å². The van der Waals surface area contributed by atoms with Crippen molar-refractivity contribution < 1.29 is 9.53 Å². The van der Waals surface area contributed by atoms with Gasteiger partial charge in [-0.05, 0) is 50.2 Å². The van der Waals surface area contributed by atoms with Gasteiger partial charge in [-0.2, -0.15) is 0 Å². The molecule has 1 amide bonds. The van der Waals surface area contributed by atoms with Crippen molar-refractivity contribution in [2.24, 2.45) is 0 Å². The molecule has 2 aromatic carbocycles. The number of amides is 1. The molecule has 0 fully saturated rings. The molecule has 3 heterocycles. The van der Waals surface area contributed by atoms with Gasteiger partial charge in [0.1, 0.15) is 18.0 Å². The largest absolute Gasteiger partial charge is 0.487 e. The van der Waals surface area contributed by atoms with E-state index in [9.17, 15) is 4.79 Å². The van der Waals surface area contributed by atoms with E-state index in [0.29, 0.717) is 23.7 Å². The van der Waals surface area contributed by atoms with E-state index in [-0.39, 0.29) is 11.6 Å². The summed E-state index contributed by atoms with van der Waals surface area (Å²) in [6.07, 6.45) is 3.88. The molecule has 0 aliphatic rings. The summed E-state index contributed by atoms with van der Waals surface area (Å²) >= 11 is 0. The first-order valence-corrected chi connectivity index (χ1v) is 10.5. The number of aryl methyl sites for hydroxylation is 1. The normalized spacial score (nSPS) is 11.0. The number of hydrogen-bond acceptors (Lipinski definition) is 5.